The van der Waals surface area contributed by atoms with Gasteiger partial charge in [-0.2, -0.15) is 5.10 Å². The van der Waals surface area contributed by atoms with Gasteiger partial charge in [-0.05, 0) is 30.7 Å². The molecular weight excluding hydrogens is 346 g/mol. The first kappa shape index (κ1) is 16.9. The molecule has 0 spiro atoms. The lowest BCUT2D eigenvalue weighted by atomic mass is 10.2. The Morgan fingerprint density at radius 2 is 2.12 bits per heavy atom. The number of sulfonamides is 1. The molecule has 0 unspecified atom stereocenters. The van der Waals surface area contributed by atoms with Gasteiger partial charge < -0.3 is 10.1 Å². The maximum Gasteiger partial charge on any atom is 0.339 e. The number of esters is 1. The van der Waals surface area contributed by atoms with Crippen LogP contribution < -0.4 is 10.5 Å². The van der Waals surface area contributed by atoms with E-state index < -0.39 is 16.0 Å². The number of fused-ring (bicyclic) bond motifs is 1. The van der Waals surface area contributed by atoms with Gasteiger partial charge in [0.2, 0.25) is 10.0 Å². The molecule has 0 aliphatic heterocycles. The first-order valence-electron chi connectivity index (χ1n) is 7.12. The zero-order chi connectivity index (χ0) is 18.2. The predicted molar refractivity (Wildman–Crippen MR) is 90.2 cm³/mol. The third-order valence-electron chi connectivity index (χ3n) is 3.66. The summed E-state index contributed by atoms with van der Waals surface area (Å²) in [6, 6.07) is 6.03. The molecular formula is C15H15N5O4S. The van der Waals surface area contributed by atoms with Crippen molar-refractivity contribution < 1.29 is 17.9 Å². The number of rotatable bonds is 4. The monoisotopic (exact) mass is 361 g/mol. The number of aryl methyl sites for hydroxylation is 1. The normalized spacial score (nSPS) is 11.5. The summed E-state index contributed by atoms with van der Waals surface area (Å²) < 4.78 is 29.2. The highest BCUT2D eigenvalue weighted by Crippen LogP contribution is 2.26. The van der Waals surface area contributed by atoms with Crippen LogP contribution in [0.2, 0.25) is 0 Å². The molecule has 0 aliphatic carbocycles. The fourth-order valence-electron chi connectivity index (χ4n) is 2.46. The molecule has 0 atom stereocenters. The van der Waals surface area contributed by atoms with Crippen LogP contribution in [0, 0.1) is 6.92 Å². The van der Waals surface area contributed by atoms with Crippen molar-refractivity contribution in [2.45, 2.75) is 11.8 Å². The molecule has 2 heterocycles. The number of benzene rings is 1. The van der Waals surface area contributed by atoms with Gasteiger partial charge in [0.15, 0.2) is 5.82 Å². The average Bonchev–Trinajstić information content (AvgIpc) is 2.92. The number of carbonyl (C=O) groups excluding carboxylic acids is 1. The number of carbonyl (C=O) groups is 1. The van der Waals surface area contributed by atoms with E-state index >= 15 is 0 Å². The van der Waals surface area contributed by atoms with Crippen LogP contribution in [-0.2, 0) is 14.8 Å². The van der Waals surface area contributed by atoms with Gasteiger partial charge in [0, 0.05) is 11.9 Å². The van der Waals surface area contributed by atoms with Crippen LogP contribution in [0.5, 0.6) is 0 Å². The minimum atomic E-state index is -3.82. The Balaban J connectivity index is 2.08. The number of hydrogen-bond acceptors (Lipinski definition) is 7. The van der Waals surface area contributed by atoms with Crippen molar-refractivity contribution in [2.75, 3.05) is 12.4 Å². The van der Waals surface area contributed by atoms with Gasteiger partial charge in [0.1, 0.15) is 11.8 Å². The Hall–Kier alpha value is -2.98. The van der Waals surface area contributed by atoms with Gasteiger partial charge in [-0.1, -0.05) is 6.07 Å². The van der Waals surface area contributed by atoms with Crippen molar-refractivity contribution in [3.8, 4) is 0 Å². The number of aromatic nitrogens is 3. The Bertz CT molecular complexity index is 1070. The Morgan fingerprint density at radius 3 is 2.80 bits per heavy atom. The van der Waals surface area contributed by atoms with Gasteiger partial charge in [-0.3, -0.25) is 0 Å². The Morgan fingerprint density at radius 1 is 1.36 bits per heavy atom. The topological polar surface area (TPSA) is 129 Å². The van der Waals surface area contributed by atoms with Gasteiger partial charge in [-0.25, -0.2) is 27.9 Å². The lowest BCUT2D eigenvalue weighted by molar-refractivity contribution is 0.0600. The largest absolute Gasteiger partial charge is 0.465 e. The number of methoxy groups -OCH3 is 1. The summed E-state index contributed by atoms with van der Waals surface area (Å²) in [4.78, 5) is 16.0. The zero-order valence-corrected chi connectivity index (χ0v) is 14.2. The van der Waals surface area contributed by atoms with Crippen LogP contribution >= 0.6 is 0 Å². The first-order valence-corrected chi connectivity index (χ1v) is 8.67. The molecule has 25 heavy (non-hydrogen) atoms. The van der Waals surface area contributed by atoms with Crippen LogP contribution in [0.4, 0.5) is 11.5 Å². The molecule has 0 radical (unpaired) electrons. The summed E-state index contributed by atoms with van der Waals surface area (Å²) in [5.41, 5.74) is 2.05. The average molecular weight is 361 g/mol. The molecule has 0 fully saturated rings. The van der Waals surface area contributed by atoms with E-state index in [1.165, 1.54) is 30.1 Å². The molecule has 1 aromatic carbocycles. The van der Waals surface area contributed by atoms with E-state index in [1.807, 2.05) is 0 Å². The highest BCUT2D eigenvalue weighted by Gasteiger charge is 2.18. The van der Waals surface area contributed by atoms with Crippen LogP contribution in [0.1, 0.15) is 15.9 Å². The van der Waals surface area contributed by atoms with Crippen molar-refractivity contribution in [3.05, 3.63) is 47.9 Å². The van der Waals surface area contributed by atoms with Gasteiger partial charge in [0.05, 0.1) is 17.6 Å². The summed E-state index contributed by atoms with van der Waals surface area (Å²) in [5, 5.41) is 12.3. The second-order valence-corrected chi connectivity index (χ2v) is 6.82. The second-order valence-electron chi connectivity index (χ2n) is 5.26. The summed E-state index contributed by atoms with van der Waals surface area (Å²) in [5.74, 6) is -0.0700. The minimum Gasteiger partial charge on any atom is -0.465 e. The van der Waals surface area contributed by atoms with Crippen LogP contribution in [0.3, 0.4) is 0 Å². The lowest BCUT2D eigenvalue weighted by Crippen LogP contribution is -2.12. The smallest absolute Gasteiger partial charge is 0.339 e. The maximum absolute atomic E-state index is 11.8. The maximum atomic E-state index is 11.8. The van der Waals surface area contributed by atoms with Gasteiger partial charge in [0.25, 0.3) is 0 Å². The highest BCUT2D eigenvalue weighted by molar-refractivity contribution is 7.89. The van der Waals surface area contributed by atoms with E-state index in [-0.39, 0.29) is 4.90 Å². The zero-order valence-electron chi connectivity index (χ0n) is 13.4. The molecule has 3 rings (SSSR count). The molecule has 3 aromatic rings. The lowest BCUT2D eigenvalue weighted by Gasteiger charge is -2.09. The van der Waals surface area contributed by atoms with Gasteiger partial charge >= 0.3 is 5.97 Å². The first-order chi connectivity index (χ1) is 11.8. The number of anilines is 2. The molecule has 10 heteroatoms. The third-order valence-corrected chi connectivity index (χ3v) is 4.57. The number of nitrogens with two attached hydrogens (primary N) is 1. The van der Waals surface area contributed by atoms with Crippen molar-refractivity contribution in [2.24, 2.45) is 5.14 Å². The van der Waals surface area contributed by atoms with E-state index in [1.54, 1.807) is 25.3 Å². The minimum absolute atomic E-state index is 0.0232. The summed E-state index contributed by atoms with van der Waals surface area (Å²) >= 11 is 0. The molecule has 0 bridgehead atoms. The summed E-state index contributed by atoms with van der Waals surface area (Å²) in [7, 11) is -2.52. The predicted octanol–water partition coefficient (Wildman–Crippen LogP) is 1.22. The van der Waals surface area contributed by atoms with Gasteiger partial charge in [-0.15, -0.1) is 0 Å². The molecule has 3 N–H and O–H groups in total. The summed E-state index contributed by atoms with van der Waals surface area (Å²) in [6.45, 7) is 1.75. The number of hydrogen-bond donors (Lipinski definition) is 2. The number of nitrogens with zero attached hydrogens (tertiary/aromatic N) is 3. The molecule has 9 nitrogen and oxygen atoms in total. The molecule has 0 saturated heterocycles. The van der Waals surface area contributed by atoms with E-state index in [0.29, 0.717) is 28.1 Å². The Kier molecular flexibility index (Phi) is 4.15. The fourth-order valence-corrected chi connectivity index (χ4v) is 3.01. The standard InChI is InChI=1S/C15H15N5O4S/c1-9-12(15(21)24-2)7-20-13(9)14(17-8-18-20)19-10-4-3-5-11(6-10)25(16,22)23/h3-8H,1-2H3,(H2,16,22,23)(H,17,18,19). The summed E-state index contributed by atoms with van der Waals surface area (Å²) in [6.07, 6.45) is 2.86. The van der Waals surface area contributed by atoms with Crippen molar-refractivity contribution in [1.82, 2.24) is 14.6 Å². The van der Waals surface area contributed by atoms with Crippen molar-refractivity contribution in [1.29, 1.82) is 0 Å². The number of nitrogens with one attached hydrogen (secondary N) is 1. The third kappa shape index (κ3) is 3.16. The number of ether oxygens (including phenoxy) is 1. The SMILES string of the molecule is COC(=O)c1cn2ncnc(Nc3cccc(S(N)(=O)=O)c3)c2c1C. The molecule has 0 amide bonds. The molecule has 2 aromatic heterocycles. The van der Waals surface area contributed by atoms with E-state index in [4.69, 9.17) is 9.88 Å². The fraction of sp³-hybridized carbons (Fsp3) is 0.133. The quantitative estimate of drug-likeness (QED) is 0.668. The molecule has 0 saturated carbocycles. The Labute approximate surface area is 143 Å². The number of primary sulfonamides is 1. The second kappa shape index (κ2) is 6.15. The van der Waals surface area contributed by atoms with Crippen molar-refractivity contribution in [3.63, 3.8) is 0 Å². The molecule has 130 valence electrons. The van der Waals surface area contributed by atoms with Crippen molar-refractivity contribution >= 4 is 33.0 Å². The highest BCUT2D eigenvalue weighted by atomic mass is 32.2. The van der Waals surface area contributed by atoms with Crippen LogP contribution in [0.15, 0.2) is 41.7 Å². The van der Waals surface area contributed by atoms with Crippen LogP contribution in [-0.4, -0.2) is 36.1 Å². The molecule has 0 aliphatic rings. The van der Waals surface area contributed by atoms with Crippen LogP contribution in [0.25, 0.3) is 5.52 Å². The van der Waals surface area contributed by atoms with E-state index in [0.717, 1.165) is 0 Å². The van der Waals surface area contributed by atoms with E-state index in [9.17, 15) is 13.2 Å². The van der Waals surface area contributed by atoms with E-state index in [2.05, 4.69) is 15.4 Å².